The summed E-state index contributed by atoms with van der Waals surface area (Å²) in [4.78, 5) is 14.4. The second kappa shape index (κ2) is 6.43. The molecule has 0 N–H and O–H groups in total. The minimum atomic E-state index is -4.58. The van der Waals surface area contributed by atoms with Gasteiger partial charge in [-0.1, -0.05) is 18.2 Å². The number of nitrogens with zero attached hydrogens (tertiary/aromatic N) is 1. The number of aryl methyl sites for hydroxylation is 1. The van der Waals surface area contributed by atoms with Crippen LogP contribution in [0.4, 0.5) is 18.9 Å². The predicted molar refractivity (Wildman–Crippen MR) is 89.2 cm³/mol. The van der Waals surface area contributed by atoms with E-state index in [1.165, 1.54) is 30.2 Å². The van der Waals surface area contributed by atoms with Crippen LogP contribution in [0.1, 0.15) is 33.5 Å². The lowest BCUT2D eigenvalue weighted by molar-refractivity contribution is -0.137. The largest absolute Gasteiger partial charge is 0.495 e. The van der Waals surface area contributed by atoms with Crippen molar-refractivity contribution >= 4 is 11.6 Å². The number of halogens is 3. The summed E-state index contributed by atoms with van der Waals surface area (Å²) in [6.45, 7) is 2.29. The van der Waals surface area contributed by atoms with Gasteiger partial charge in [-0.05, 0) is 49.1 Å². The Morgan fingerprint density at radius 3 is 2.56 bits per heavy atom. The number of hydrogen-bond donors (Lipinski definition) is 0. The number of carbonyl (C=O) groups excluding carboxylic acids is 1. The van der Waals surface area contributed by atoms with Crippen molar-refractivity contribution in [3.63, 3.8) is 0 Å². The van der Waals surface area contributed by atoms with Crippen LogP contribution in [0.2, 0.25) is 0 Å². The molecule has 1 aliphatic rings. The summed E-state index contributed by atoms with van der Waals surface area (Å²) >= 11 is 0. The SMILES string of the molecule is COc1ccc(C)c2c1N(C(=O)c1ccccc1C(F)(F)F)CCC2. The third-order valence-electron chi connectivity index (χ3n) is 4.49. The summed E-state index contributed by atoms with van der Waals surface area (Å²) in [5.74, 6) is -0.157. The highest BCUT2D eigenvalue weighted by atomic mass is 19.4. The molecule has 0 aromatic heterocycles. The molecule has 132 valence electrons. The Kier molecular flexibility index (Phi) is 4.45. The molecule has 0 saturated carbocycles. The average molecular weight is 349 g/mol. The normalized spacial score (nSPS) is 14.2. The van der Waals surface area contributed by atoms with E-state index < -0.39 is 17.6 Å². The summed E-state index contributed by atoms with van der Waals surface area (Å²) in [7, 11) is 1.49. The third-order valence-corrected chi connectivity index (χ3v) is 4.49. The zero-order valence-corrected chi connectivity index (χ0v) is 14.0. The van der Waals surface area contributed by atoms with Gasteiger partial charge < -0.3 is 9.64 Å². The van der Waals surface area contributed by atoms with E-state index in [-0.39, 0.29) is 5.56 Å². The Morgan fingerprint density at radius 2 is 1.88 bits per heavy atom. The fourth-order valence-electron chi connectivity index (χ4n) is 3.28. The molecule has 0 radical (unpaired) electrons. The minimum absolute atomic E-state index is 0.341. The zero-order valence-electron chi connectivity index (χ0n) is 14.0. The number of carbonyl (C=O) groups is 1. The molecule has 0 spiro atoms. The van der Waals surface area contributed by atoms with E-state index in [1.54, 1.807) is 6.07 Å². The maximum Gasteiger partial charge on any atom is 0.417 e. The van der Waals surface area contributed by atoms with E-state index >= 15 is 0 Å². The molecule has 0 unspecified atom stereocenters. The van der Waals surface area contributed by atoms with Crippen LogP contribution in [-0.2, 0) is 12.6 Å². The van der Waals surface area contributed by atoms with E-state index in [0.717, 1.165) is 23.6 Å². The lowest BCUT2D eigenvalue weighted by Gasteiger charge is -2.32. The van der Waals surface area contributed by atoms with Gasteiger partial charge in [-0.3, -0.25) is 4.79 Å². The van der Waals surface area contributed by atoms with Crippen LogP contribution in [0.15, 0.2) is 36.4 Å². The van der Waals surface area contributed by atoms with Gasteiger partial charge in [0.2, 0.25) is 0 Å². The molecule has 0 atom stereocenters. The van der Waals surface area contributed by atoms with Crippen molar-refractivity contribution < 1.29 is 22.7 Å². The van der Waals surface area contributed by atoms with Gasteiger partial charge >= 0.3 is 6.18 Å². The molecule has 0 aliphatic carbocycles. The van der Waals surface area contributed by atoms with E-state index in [1.807, 2.05) is 13.0 Å². The first kappa shape index (κ1) is 17.3. The van der Waals surface area contributed by atoms with Gasteiger partial charge in [0.1, 0.15) is 5.75 Å². The Hall–Kier alpha value is -2.50. The number of hydrogen-bond acceptors (Lipinski definition) is 2. The zero-order chi connectivity index (χ0) is 18.2. The summed E-state index contributed by atoms with van der Waals surface area (Å²) in [6, 6.07) is 8.54. The van der Waals surface area contributed by atoms with Gasteiger partial charge in [0.15, 0.2) is 0 Å². The minimum Gasteiger partial charge on any atom is -0.495 e. The second-order valence-electron chi connectivity index (χ2n) is 6.02. The van der Waals surface area contributed by atoms with Crippen molar-refractivity contribution in [2.24, 2.45) is 0 Å². The fourth-order valence-corrected chi connectivity index (χ4v) is 3.28. The first-order valence-electron chi connectivity index (χ1n) is 7.99. The summed E-state index contributed by atoms with van der Waals surface area (Å²) in [5, 5.41) is 0. The quantitative estimate of drug-likeness (QED) is 0.792. The van der Waals surface area contributed by atoms with E-state index in [0.29, 0.717) is 24.4 Å². The Balaban J connectivity index is 2.12. The van der Waals surface area contributed by atoms with Crippen molar-refractivity contribution in [1.29, 1.82) is 0 Å². The van der Waals surface area contributed by atoms with Crippen LogP contribution in [0, 0.1) is 6.92 Å². The van der Waals surface area contributed by atoms with Gasteiger partial charge in [0.05, 0.1) is 23.9 Å². The molecule has 25 heavy (non-hydrogen) atoms. The molecule has 0 fully saturated rings. The smallest absolute Gasteiger partial charge is 0.417 e. The van der Waals surface area contributed by atoms with Gasteiger partial charge in [0.25, 0.3) is 5.91 Å². The van der Waals surface area contributed by atoms with Crippen molar-refractivity contribution in [1.82, 2.24) is 0 Å². The van der Waals surface area contributed by atoms with Crippen LogP contribution >= 0.6 is 0 Å². The molecular weight excluding hydrogens is 331 g/mol. The molecule has 1 aliphatic heterocycles. The van der Waals surface area contributed by atoms with Gasteiger partial charge in [-0.2, -0.15) is 13.2 Å². The molecule has 2 aromatic rings. The maximum absolute atomic E-state index is 13.3. The second-order valence-corrected chi connectivity index (χ2v) is 6.02. The maximum atomic E-state index is 13.3. The van der Waals surface area contributed by atoms with Crippen molar-refractivity contribution in [2.75, 3.05) is 18.6 Å². The number of methoxy groups -OCH3 is 1. The molecule has 2 aromatic carbocycles. The van der Waals surface area contributed by atoms with Gasteiger partial charge in [0, 0.05) is 6.54 Å². The summed E-state index contributed by atoms with van der Waals surface area (Å²) in [5.41, 5.74) is 1.27. The Labute approximate surface area is 144 Å². The molecule has 1 heterocycles. The lowest BCUT2D eigenvalue weighted by Crippen LogP contribution is -2.37. The predicted octanol–water partition coefficient (Wildman–Crippen LogP) is 4.62. The first-order chi connectivity index (χ1) is 11.8. The topological polar surface area (TPSA) is 29.5 Å². The number of alkyl halides is 3. The van der Waals surface area contributed by atoms with Crippen LogP contribution in [-0.4, -0.2) is 19.6 Å². The van der Waals surface area contributed by atoms with E-state index in [9.17, 15) is 18.0 Å². The van der Waals surface area contributed by atoms with Crippen molar-refractivity contribution in [3.8, 4) is 5.75 Å². The third kappa shape index (κ3) is 3.08. The van der Waals surface area contributed by atoms with Crippen molar-refractivity contribution in [3.05, 3.63) is 58.7 Å². The molecule has 6 heteroatoms. The highest BCUT2D eigenvalue weighted by Crippen LogP contribution is 2.40. The molecule has 0 bridgehead atoms. The molecule has 1 amide bonds. The molecule has 3 nitrogen and oxygen atoms in total. The fraction of sp³-hybridized carbons (Fsp3) is 0.316. The standard InChI is InChI=1S/C19H18F3NO2/c1-12-9-10-16(25-2)17-13(12)7-5-11-23(17)18(24)14-6-3-4-8-15(14)19(20,21)22/h3-4,6,8-10H,5,7,11H2,1-2H3. The summed E-state index contributed by atoms with van der Waals surface area (Å²) < 4.78 is 45.2. The van der Waals surface area contributed by atoms with E-state index in [4.69, 9.17) is 4.74 Å². The number of rotatable bonds is 2. The van der Waals surface area contributed by atoms with Gasteiger partial charge in [-0.25, -0.2) is 0 Å². The highest BCUT2D eigenvalue weighted by Gasteiger charge is 2.37. The number of benzene rings is 2. The number of fused-ring (bicyclic) bond motifs is 1. The van der Waals surface area contributed by atoms with Crippen molar-refractivity contribution in [2.45, 2.75) is 25.9 Å². The molecular formula is C19H18F3NO2. The highest BCUT2D eigenvalue weighted by molar-refractivity contribution is 6.08. The van der Waals surface area contributed by atoms with Crippen LogP contribution in [0.25, 0.3) is 0 Å². The number of anilines is 1. The average Bonchev–Trinajstić information content (AvgIpc) is 2.60. The Morgan fingerprint density at radius 1 is 1.16 bits per heavy atom. The molecule has 3 rings (SSSR count). The Bertz CT molecular complexity index is 815. The van der Waals surface area contributed by atoms with Crippen LogP contribution in [0.3, 0.4) is 0 Å². The lowest BCUT2D eigenvalue weighted by atomic mass is 9.95. The van der Waals surface area contributed by atoms with Crippen LogP contribution < -0.4 is 9.64 Å². The van der Waals surface area contributed by atoms with Gasteiger partial charge in [-0.15, -0.1) is 0 Å². The van der Waals surface area contributed by atoms with Crippen LogP contribution in [0.5, 0.6) is 5.75 Å². The number of ether oxygens (including phenoxy) is 1. The first-order valence-corrected chi connectivity index (χ1v) is 7.99. The monoisotopic (exact) mass is 349 g/mol. The molecule has 0 saturated heterocycles. The summed E-state index contributed by atoms with van der Waals surface area (Å²) in [6.07, 6.45) is -3.12. The van der Waals surface area contributed by atoms with E-state index in [2.05, 4.69) is 0 Å². The number of amides is 1.